The quantitative estimate of drug-likeness (QED) is 0.652. The highest BCUT2D eigenvalue weighted by Crippen LogP contribution is 2.32. The Morgan fingerprint density at radius 2 is 2.10 bits per heavy atom. The summed E-state index contributed by atoms with van der Waals surface area (Å²) in [4.78, 5) is 11.4. The molecule has 0 atom stereocenters. The lowest BCUT2D eigenvalue weighted by Crippen LogP contribution is -2.29. The van der Waals surface area contributed by atoms with Crippen LogP contribution in [0.2, 0.25) is 0 Å². The number of hydrogen-bond donors (Lipinski definition) is 2. The monoisotopic (exact) mass is 344 g/mol. The van der Waals surface area contributed by atoms with E-state index < -0.39 is 11.7 Å². The fraction of sp³-hybridized carbons (Fsp3) is 0.385. The van der Waals surface area contributed by atoms with Gasteiger partial charge < -0.3 is 14.6 Å². The first-order valence-electron chi connectivity index (χ1n) is 5.81. The summed E-state index contributed by atoms with van der Waals surface area (Å²) in [7, 11) is 1.45. The van der Waals surface area contributed by atoms with E-state index in [0.717, 1.165) is 0 Å². The zero-order valence-electron chi connectivity index (χ0n) is 11.7. The van der Waals surface area contributed by atoms with Gasteiger partial charge in [0, 0.05) is 10.0 Å². The lowest BCUT2D eigenvalue weighted by Gasteiger charge is -2.18. The molecule has 0 heterocycles. The van der Waals surface area contributed by atoms with Crippen molar-refractivity contribution in [3.63, 3.8) is 0 Å². The van der Waals surface area contributed by atoms with E-state index >= 15 is 0 Å². The van der Waals surface area contributed by atoms with Crippen molar-refractivity contribution >= 4 is 28.2 Å². The highest BCUT2D eigenvalue weighted by Gasteiger charge is 2.15. The number of ether oxygens (including phenoxy) is 2. The van der Waals surface area contributed by atoms with Crippen LogP contribution >= 0.6 is 15.9 Å². The van der Waals surface area contributed by atoms with E-state index in [0.29, 0.717) is 15.8 Å². The first-order valence-corrected chi connectivity index (χ1v) is 6.61. The second kappa shape index (κ2) is 6.60. The third-order valence-corrected chi connectivity index (χ3v) is 2.51. The Morgan fingerprint density at radius 1 is 1.45 bits per heavy atom. The molecule has 2 N–H and O–H groups in total. The highest BCUT2D eigenvalue weighted by atomic mass is 79.9. The van der Waals surface area contributed by atoms with Crippen LogP contribution in [0.25, 0.3) is 0 Å². The number of phenols is 1. The number of phenolic OH excluding ortho intramolecular Hbond substituents is 1. The molecule has 1 amide bonds. The minimum absolute atomic E-state index is 0.0644. The highest BCUT2D eigenvalue weighted by molar-refractivity contribution is 9.10. The van der Waals surface area contributed by atoms with Crippen LogP contribution in [-0.2, 0) is 4.74 Å². The molecule has 0 aromatic heterocycles. The fourth-order valence-corrected chi connectivity index (χ4v) is 1.76. The molecule has 20 heavy (non-hydrogen) atoms. The third-order valence-electron chi connectivity index (χ3n) is 2.05. The van der Waals surface area contributed by atoms with E-state index in [4.69, 9.17) is 9.47 Å². The number of carbonyl (C=O) groups excluding carboxylic acids is 1. The number of hydrogen-bond acceptors (Lipinski definition) is 5. The van der Waals surface area contributed by atoms with Crippen molar-refractivity contribution in [1.82, 2.24) is 5.43 Å². The molecule has 0 radical (unpaired) electrons. The Bertz CT molecular complexity index is 524. The molecule has 1 aromatic rings. The number of aromatic hydroxyl groups is 1. The number of carbonyl (C=O) groups is 1. The van der Waals surface area contributed by atoms with Gasteiger partial charge in [-0.25, -0.2) is 10.2 Å². The minimum atomic E-state index is -0.671. The first kappa shape index (κ1) is 16.3. The first-order chi connectivity index (χ1) is 9.23. The largest absolute Gasteiger partial charge is 0.504 e. The Morgan fingerprint density at radius 3 is 2.65 bits per heavy atom. The summed E-state index contributed by atoms with van der Waals surface area (Å²) >= 11 is 3.28. The van der Waals surface area contributed by atoms with E-state index in [1.54, 1.807) is 32.9 Å². The number of rotatable bonds is 3. The van der Waals surface area contributed by atoms with Crippen LogP contribution in [-0.4, -0.2) is 30.1 Å². The molecule has 0 aliphatic heterocycles. The average molecular weight is 345 g/mol. The maximum Gasteiger partial charge on any atom is 0.428 e. The molecular formula is C13H17BrN2O4. The molecule has 0 unspecified atom stereocenters. The van der Waals surface area contributed by atoms with Crippen molar-refractivity contribution < 1.29 is 19.4 Å². The molecule has 0 fully saturated rings. The van der Waals surface area contributed by atoms with Gasteiger partial charge in [0.1, 0.15) is 5.60 Å². The van der Waals surface area contributed by atoms with E-state index in [-0.39, 0.29) is 5.75 Å². The number of benzene rings is 1. The topological polar surface area (TPSA) is 80.2 Å². The van der Waals surface area contributed by atoms with Gasteiger partial charge in [0.25, 0.3) is 0 Å². The van der Waals surface area contributed by atoms with Gasteiger partial charge in [0.2, 0.25) is 0 Å². The second-order valence-electron chi connectivity index (χ2n) is 4.92. The normalized spacial score (nSPS) is 11.4. The molecule has 7 heteroatoms. The van der Waals surface area contributed by atoms with Crippen molar-refractivity contribution in [2.45, 2.75) is 26.4 Å². The van der Waals surface area contributed by atoms with Crippen molar-refractivity contribution in [3.8, 4) is 11.5 Å². The molecule has 0 saturated heterocycles. The minimum Gasteiger partial charge on any atom is -0.504 e. The Balaban J connectivity index is 2.76. The predicted octanol–water partition coefficient (Wildman–Crippen LogP) is 3.02. The molecule has 1 rings (SSSR count). The number of hydrazone groups is 1. The van der Waals surface area contributed by atoms with Gasteiger partial charge in [-0.05, 0) is 32.9 Å². The van der Waals surface area contributed by atoms with Crippen molar-refractivity contribution in [3.05, 3.63) is 22.2 Å². The molecule has 0 aliphatic rings. The van der Waals surface area contributed by atoms with E-state index in [1.165, 1.54) is 13.3 Å². The lowest BCUT2D eigenvalue weighted by atomic mass is 10.2. The van der Waals surface area contributed by atoms with E-state index in [2.05, 4.69) is 26.5 Å². The molecule has 0 aliphatic carbocycles. The maximum absolute atomic E-state index is 11.4. The van der Waals surface area contributed by atoms with Crippen molar-refractivity contribution in [2.75, 3.05) is 7.11 Å². The zero-order valence-corrected chi connectivity index (χ0v) is 13.3. The van der Waals surface area contributed by atoms with Gasteiger partial charge >= 0.3 is 6.09 Å². The third kappa shape index (κ3) is 5.08. The molecular weight excluding hydrogens is 328 g/mol. The Labute approximate surface area is 125 Å². The number of halogens is 1. The predicted molar refractivity (Wildman–Crippen MR) is 79.3 cm³/mol. The van der Waals surface area contributed by atoms with Crippen LogP contribution < -0.4 is 10.2 Å². The van der Waals surface area contributed by atoms with Gasteiger partial charge in [0.15, 0.2) is 11.5 Å². The lowest BCUT2D eigenvalue weighted by molar-refractivity contribution is 0.0529. The van der Waals surface area contributed by atoms with Crippen LogP contribution in [0.1, 0.15) is 26.3 Å². The van der Waals surface area contributed by atoms with Gasteiger partial charge in [-0.2, -0.15) is 5.10 Å². The fourth-order valence-electron chi connectivity index (χ4n) is 1.30. The molecule has 110 valence electrons. The summed E-state index contributed by atoms with van der Waals surface area (Å²) in [6, 6.07) is 3.26. The van der Waals surface area contributed by atoms with Gasteiger partial charge in [-0.15, -0.1) is 0 Å². The van der Waals surface area contributed by atoms with Crippen LogP contribution in [0.3, 0.4) is 0 Å². The molecule has 0 saturated carbocycles. The number of nitrogens with zero attached hydrogens (tertiary/aromatic N) is 1. The SMILES string of the molecule is COc1cc(Br)cc(/C=N\NC(=O)OC(C)(C)C)c1O. The Hall–Kier alpha value is -1.76. The molecule has 6 nitrogen and oxygen atoms in total. The van der Waals surface area contributed by atoms with Gasteiger partial charge in [-0.3, -0.25) is 0 Å². The van der Waals surface area contributed by atoms with Crippen LogP contribution in [0.4, 0.5) is 4.79 Å². The standard InChI is InChI=1S/C13H17BrN2O4/c1-13(2,3)20-12(18)16-15-7-8-5-9(14)6-10(19-4)11(8)17/h5-7,17H,1-4H3,(H,16,18)/b15-7-. The van der Waals surface area contributed by atoms with E-state index in [9.17, 15) is 9.90 Å². The molecule has 0 spiro atoms. The zero-order chi connectivity index (χ0) is 15.3. The molecule has 1 aromatic carbocycles. The second-order valence-corrected chi connectivity index (χ2v) is 5.83. The number of amides is 1. The van der Waals surface area contributed by atoms with Gasteiger partial charge in [-0.1, -0.05) is 15.9 Å². The van der Waals surface area contributed by atoms with Crippen LogP contribution in [0, 0.1) is 0 Å². The number of nitrogens with one attached hydrogen (secondary N) is 1. The smallest absolute Gasteiger partial charge is 0.428 e. The summed E-state index contributed by atoms with van der Waals surface area (Å²) in [6.07, 6.45) is 0.627. The van der Waals surface area contributed by atoms with Crippen molar-refractivity contribution in [2.24, 2.45) is 5.10 Å². The Kier molecular flexibility index (Phi) is 5.38. The maximum atomic E-state index is 11.4. The molecule has 0 bridgehead atoms. The van der Waals surface area contributed by atoms with E-state index in [1.807, 2.05) is 0 Å². The van der Waals surface area contributed by atoms with Crippen molar-refractivity contribution in [1.29, 1.82) is 0 Å². The summed E-state index contributed by atoms with van der Waals surface area (Å²) < 4.78 is 10.7. The average Bonchev–Trinajstić information content (AvgIpc) is 2.30. The van der Waals surface area contributed by atoms with Crippen LogP contribution in [0.15, 0.2) is 21.7 Å². The summed E-state index contributed by atoms with van der Waals surface area (Å²) in [6.45, 7) is 5.25. The van der Waals surface area contributed by atoms with Gasteiger partial charge in [0.05, 0.1) is 13.3 Å². The summed E-state index contributed by atoms with van der Waals surface area (Å²) in [5.74, 6) is 0.239. The van der Waals surface area contributed by atoms with Crippen LogP contribution in [0.5, 0.6) is 11.5 Å². The summed E-state index contributed by atoms with van der Waals surface area (Å²) in [5.41, 5.74) is 2.01. The number of methoxy groups -OCH3 is 1. The summed E-state index contributed by atoms with van der Waals surface area (Å²) in [5, 5.41) is 13.6.